The maximum Gasteiger partial charge on any atom is 0.252 e. The first kappa shape index (κ1) is 18.5. The van der Waals surface area contributed by atoms with Crippen molar-refractivity contribution in [1.82, 2.24) is 5.32 Å². The van der Waals surface area contributed by atoms with Gasteiger partial charge in [0.1, 0.15) is 18.1 Å². The fraction of sp³-hybridized carbons (Fsp3) is 0.174. The molecule has 0 fully saturated rings. The van der Waals surface area contributed by atoms with Crippen LogP contribution in [0, 0.1) is 13.8 Å². The molecule has 138 valence electrons. The highest BCUT2D eigenvalue weighted by atomic mass is 16.5. The Morgan fingerprint density at radius 3 is 2.59 bits per heavy atom. The molecule has 0 radical (unpaired) electrons. The van der Waals surface area contributed by atoms with Crippen LogP contribution in [-0.4, -0.2) is 19.1 Å². The molecule has 1 amide bonds. The van der Waals surface area contributed by atoms with E-state index in [2.05, 4.69) is 18.3 Å². The lowest BCUT2D eigenvalue weighted by Gasteiger charge is -2.12. The molecule has 2 aromatic carbocycles. The van der Waals surface area contributed by atoms with Crippen molar-refractivity contribution < 1.29 is 13.9 Å². The predicted octanol–water partition coefficient (Wildman–Crippen LogP) is 4.63. The fourth-order valence-electron chi connectivity index (χ4n) is 2.71. The summed E-state index contributed by atoms with van der Waals surface area (Å²) in [7, 11) is 0. The molecule has 0 aliphatic heterocycles. The fourth-order valence-corrected chi connectivity index (χ4v) is 2.71. The monoisotopic (exact) mass is 361 g/mol. The molecule has 0 saturated carbocycles. The van der Waals surface area contributed by atoms with Crippen molar-refractivity contribution in [2.24, 2.45) is 0 Å². The SMILES string of the molecule is Cc1cccc(OCCNC(=O)/C(=C/c2ccco2)c2ccccc2)c1C. The maximum absolute atomic E-state index is 12.7. The van der Waals surface area contributed by atoms with Crippen molar-refractivity contribution in [3.8, 4) is 5.75 Å². The van der Waals surface area contributed by atoms with Gasteiger partial charge in [0.2, 0.25) is 0 Å². The lowest BCUT2D eigenvalue weighted by Crippen LogP contribution is -2.28. The third kappa shape index (κ3) is 4.88. The Balaban J connectivity index is 1.64. The molecule has 1 heterocycles. The molecular formula is C23H23NO3. The summed E-state index contributed by atoms with van der Waals surface area (Å²) >= 11 is 0. The lowest BCUT2D eigenvalue weighted by molar-refractivity contribution is -0.115. The zero-order valence-electron chi connectivity index (χ0n) is 15.6. The number of aryl methyl sites for hydroxylation is 1. The summed E-state index contributed by atoms with van der Waals surface area (Å²) in [6.07, 6.45) is 3.33. The minimum Gasteiger partial charge on any atom is -0.491 e. The van der Waals surface area contributed by atoms with E-state index in [9.17, 15) is 4.79 Å². The first-order valence-corrected chi connectivity index (χ1v) is 8.93. The quantitative estimate of drug-likeness (QED) is 0.493. The Kier molecular flexibility index (Phi) is 6.10. The molecule has 0 aliphatic rings. The number of benzene rings is 2. The third-order valence-electron chi connectivity index (χ3n) is 4.36. The van der Waals surface area contributed by atoms with Gasteiger partial charge in [0, 0.05) is 0 Å². The number of amides is 1. The van der Waals surface area contributed by atoms with Gasteiger partial charge in [-0.25, -0.2) is 0 Å². The van der Waals surface area contributed by atoms with Crippen molar-refractivity contribution in [1.29, 1.82) is 0 Å². The van der Waals surface area contributed by atoms with Crippen LogP contribution < -0.4 is 10.1 Å². The van der Waals surface area contributed by atoms with E-state index in [-0.39, 0.29) is 5.91 Å². The molecule has 0 aliphatic carbocycles. The van der Waals surface area contributed by atoms with Gasteiger partial charge in [0.25, 0.3) is 5.91 Å². The average molecular weight is 361 g/mol. The van der Waals surface area contributed by atoms with Gasteiger partial charge in [-0.3, -0.25) is 4.79 Å². The highest BCUT2D eigenvalue weighted by Crippen LogP contribution is 2.21. The van der Waals surface area contributed by atoms with Crippen LogP contribution in [0.3, 0.4) is 0 Å². The Morgan fingerprint density at radius 2 is 1.85 bits per heavy atom. The summed E-state index contributed by atoms with van der Waals surface area (Å²) < 4.78 is 11.2. The zero-order chi connectivity index (χ0) is 19.1. The number of ether oxygens (including phenoxy) is 1. The number of carbonyl (C=O) groups excluding carboxylic acids is 1. The highest BCUT2D eigenvalue weighted by molar-refractivity contribution is 6.24. The molecule has 3 aromatic rings. The second-order valence-electron chi connectivity index (χ2n) is 6.24. The second kappa shape index (κ2) is 8.90. The summed E-state index contributed by atoms with van der Waals surface area (Å²) in [5, 5.41) is 2.92. The van der Waals surface area contributed by atoms with Crippen molar-refractivity contribution in [2.75, 3.05) is 13.2 Å². The largest absolute Gasteiger partial charge is 0.491 e. The summed E-state index contributed by atoms with van der Waals surface area (Å²) in [4.78, 5) is 12.7. The molecule has 4 heteroatoms. The molecule has 0 saturated heterocycles. The average Bonchev–Trinajstić information content (AvgIpc) is 3.20. The molecule has 0 unspecified atom stereocenters. The first-order valence-electron chi connectivity index (χ1n) is 8.93. The van der Waals surface area contributed by atoms with Gasteiger partial charge in [0.15, 0.2) is 0 Å². The van der Waals surface area contributed by atoms with E-state index in [0.29, 0.717) is 24.5 Å². The highest BCUT2D eigenvalue weighted by Gasteiger charge is 2.12. The zero-order valence-corrected chi connectivity index (χ0v) is 15.6. The number of nitrogens with one attached hydrogen (secondary N) is 1. The smallest absolute Gasteiger partial charge is 0.252 e. The molecule has 0 bridgehead atoms. The van der Waals surface area contributed by atoms with Gasteiger partial charge in [0.05, 0.1) is 18.4 Å². The van der Waals surface area contributed by atoms with Crippen LogP contribution in [0.2, 0.25) is 0 Å². The standard InChI is InChI=1S/C23H23NO3/c1-17-8-6-12-22(18(17)2)27-15-13-24-23(25)21(16-20-11-7-14-26-20)19-9-4-3-5-10-19/h3-12,14,16H,13,15H2,1-2H3,(H,24,25)/b21-16+. The molecule has 0 spiro atoms. The molecule has 3 rings (SSSR count). The molecule has 0 atom stereocenters. The van der Waals surface area contributed by atoms with Crippen LogP contribution in [0.1, 0.15) is 22.5 Å². The number of carbonyl (C=O) groups is 1. The van der Waals surface area contributed by atoms with Crippen molar-refractivity contribution in [3.63, 3.8) is 0 Å². The van der Waals surface area contributed by atoms with E-state index in [4.69, 9.17) is 9.15 Å². The van der Waals surface area contributed by atoms with Crippen LogP contribution in [0.5, 0.6) is 5.75 Å². The normalized spacial score (nSPS) is 11.3. The molecular weight excluding hydrogens is 338 g/mol. The van der Waals surface area contributed by atoms with Crippen molar-refractivity contribution in [2.45, 2.75) is 13.8 Å². The molecule has 1 aromatic heterocycles. The van der Waals surface area contributed by atoms with Gasteiger partial charge in [-0.15, -0.1) is 0 Å². The van der Waals surface area contributed by atoms with Crippen LogP contribution in [-0.2, 0) is 4.79 Å². The summed E-state index contributed by atoms with van der Waals surface area (Å²) in [6.45, 7) is 4.89. The van der Waals surface area contributed by atoms with E-state index in [0.717, 1.165) is 16.9 Å². The Labute approximate surface area is 159 Å². The Morgan fingerprint density at radius 1 is 1.04 bits per heavy atom. The minimum absolute atomic E-state index is 0.165. The van der Waals surface area contributed by atoms with E-state index in [1.54, 1.807) is 18.4 Å². The predicted molar refractivity (Wildman–Crippen MR) is 107 cm³/mol. The van der Waals surface area contributed by atoms with Crippen LogP contribution >= 0.6 is 0 Å². The Hall–Kier alpha value is -3.27. The molecule has 4 nitrogen and oxygen atoms in total. The number of rotatable bonds is 7. The van der Waals surface area contributed by atoms with Crippen LogP contribution in [0.25, 0.3) is 11.6 Å². The first-order chi connectivity index (χ1) is 13.1. The van der Waals surface area contributed by atoms with Gasteiger partial charge in [-0.1, -0.05) is 42.5 Å². The number of hydrogen-bond donors (Lipinski definition) is 1. The number of furan rings is 1. The van der Waals surface area contributed by atoms with Crippen molar-refractivity contribution in [3.05, 3.63) is 89.4 Å². The van der Waals surface area contributed by atoms with Gasteiger partial charge < -0.3 is 14.5 Å². The van der Waals surface area contributed by atoms with Gasteiger partial charge in [-0.2, -0.15) is 0 Å². The van der Waals surface area contributed by atoms with E-state index < -0.39 is 0 Å². The van der Waals surface area contributed by atoms with Gasteiger partial charge >= 0.3 is 0 Å². The topological polar surface area (TPSA) is 51.5 Å². The summed E-state index contributed by atoms with van der Waals surface area (Å²) in [5.41, 5.74) is 3.69. The lowest BCUT2D eigenvalue weighted by atomic mass is 10.0. The number of hydrogen-bond acceptors (Lipinski definition) is 3. The van der Waals surface area contributed by atoms with E-state index in [1.165, 1.54) is 5.56 Å². The van der Waals surface area contributed by atoms with Crippen LogP contribution in [0.15, 0.2) is 71.3 Å². The van der Waals surface area contributed by atoms with Crippen molar-refractivity contribution >= 4 is 17.6 Å². The minimum atomic E-state index is -0.165. The van der Waals surface area contributed by atoms with E-state index >= 15 is 0 Å². The second-order valence-corrected chi connectivity index (χ2v) is 6.24. The summed E-state index contributed by atoms with van der Waals surface area (Å²) in [5.74, 6) is 1.32. The van der Waals surface area contributed by atoms with E-state index in [1.807, 2.05) is 55.5 Å². The molecule has 1 N–H and O–H groups in total. The third-order valence-corrected chi connectivity index (χ3v) is 4.36. The maximum atomic E-state index is 12.7. The van der Waals surface area contributed by atoms with Crippen LogP contribution in [0.4, 0.5) is 0 Å². The van der Waals surface area contributed by atoms with Gasteiger partial charge in [-0.05, 0) is 54.8 Å². The molecule has 27 heavy (non-hydrogen) atoms. The Bertz CT molecular complexity index is 912. The summed E-state index contributed by atoms with van der Waals surface area (Å²) in [6, 6.07) is 19.1.